The number of carbonyl (C=O) groups excluding carboxylic acids is 3. The summed E-state index contributed by atoms with van der Waals surface area (Å²) in [5.74, 6) is -1.28. The van der Waals surface area contributed by atoms with E-state index in [1.165, 1.54) is 0 Å². The van der Waals surface area contributed by atoms with Gasteiger partial charge in [-0.2, -0.15) is 0 Å². The molecule has 0 unspecified atom stereocenters. The Morgan fingerprint density at radius 2 is 1.76 bits per heavy atom. The molecule has 0 aliphatic carbocycles. The van der Waals surface area contributed by atoms with Crippen molar-refractivity contribution in [3.05, 3.63) is 35.4 Å². The van der Waals surface area contributed by atoms with Crippen molar-refractivity contribution < 1.29 is 19.1 Å². The van der Waals surface area contributed by atoms with Crippen LogP contribution in [0.2, 0.25) is 0 Å². The average molecular weight is 291 g/mol. The summed E-state index contributed by atoms with van der Waals surface area (Å²) in [6, 6.07) is 6.49. The molecule has 0 bridgehead atoms. The first-order chi connectivity index (χ1) is 10.1. The van der Waals surface area contributed by atoms with Gasteiger partial charge in [-0.25, -0.2) is 0 Å². The molecule has 0 saturated carbocycles. The first kappa shape index (κ1) is 16.9. The summed E-state index contributed by atoms with van der Waals surface area (Å²) < 4.78 is 4.75. The molecule has 0 heterocycles. The number of carbonyl (C=O) groups is 3. The Morgan fingerprint density at radius 1 is 1.10 bits per heavy atom. The molecule has 0 fully saturated rings. The minimum Gasteiger partial charge on any atom is -0.466 e. The molecule has 0 aliphatic heterocycles. The van der Waals surface area contributed by atoms with Gasteiger partial charge < -0.3 is 10.1 Å². The normalized spacial score (nSPS) is 10.0. The number of ether oxygens (including phenoxy) is 1. The van der Waals surface area contributed by atoms with Crippen molar-refractivity contribution in [1.82, 2.24) is 5.32 Å². The number of nitrogens with one attached hydrogen (secondary N) is 1. The third-order valence-corrected chi connectivity index (χ3v) is 2.90. The average Bonchev–Trinajstić information content (AvgIpc) is 2.47. The van der Waals surface area contributed by atoms with Gasteiger partial charge in [-0.05, 0) is 19.4 Å². The van der Waals surface area contributed by atoms with Crippen LogP contribution in [0.4, 0.5) is 0 Å². The van der Waals surface area contributed by atoms with Gasteiger partial charge in [0.2, 0.25) is 0 Å². The second-order valence-electron chi connectivity index (χ2n) is 4.56. The third kappa shape index (κ3) is 5.38. The van der Waals surface area contributed by atoms with Crippen LogP contribution in [-0.4, -0.2) is 30.8 Å². The van der Waals surface area contributed by atoms with Gasteiger partial charge in [0.05, 0.1) is 12.2 Å². The first-order valence-electron chi connectivity index (χ1n) is 7.16. The Hall–Kier alpha value is -2.17. The second kappa shape index (κ2) is 8.89. The van der Waals surface area contributed by atoms with Crippen LogP contribution in [-0.2, 0) is 9.53 Å². The van der Waals surface area contributed by atoms with E-state index in [1.54, 1.807) is 31.2 Å². The van der Waals surface area contributed by atoms with Crippen molar-refractivity contribution in [2.75, 3.05) is 13.2 Å². The zero-order chi connectivity index (χ0) is 15.7. The van der Waals surface area contributed by atoms with Crippen molar-refractivity contribution >= 4 is 17.7 Å². The number of hydrogen-bond donors (Lipinski definition) is 1. The van der Waals surface area contributed by atoms with E-state index in [0.717, 1.165) is 12.8 Å². The third-order valence-electron chi connectivity index (χ3n) is 2.90. The predicted molar refractivity (Wildman–Crippen MR) is 79.3 cm³/mol. The van der Waals surface area contributed by atoms with Gasteiger partial charge >= 0.3 is 5.97 Å². The Labute approximate surface area is 124 Å². The Morgan fingerprint density at radius 3 is 2.38 bits per heavy atom. The fraction of sp³-hybridized carbons (Fsp3) is 0.438. The number of hydrogen-bond acceptors (Lipinski definition) is 4. The van der Waals surface area contributed by atoms with Crippen LogP contribution in [0.5, 0.6) is 0 Å². The SMILES string of the molecule is CCCCNC(=O)c1ccccc1C(=O)CC(=O)OCC. The molecule has 1 amide bonds. The molecule has 0 saturated heterocycles. The van der Waals surface area contributed by atoms with E-state index in [2.05, 4.69) is 5.32 Å². The topological polar surface area (TPSA) is 72.5 Å². The van der Waals surface area contributed by atoms with Crippen LogP contribution >= 0.6 is 0 Å². The van der Waals surface area contributed by atoms with Gasteiger partial charge in [-0.3, -0.25) is 14.4 Å². The van der Waals surface area contributed by atoms with Crippen molar-refractivity contribution in [3.63, 3.8) is 0 Å². The quantitative estimate of drug-likeness (QED) is 0.345. The van der Waals surface area contributed by atoms with Crippen LogP contribution in [0.3, 0.4) is 0 Å². The summed E-state index contributed by atoms with van der Waals surface area (Å²) in [5.41, 5.74) is 0.544. The van der Waals surface area contributed by atoms with Gasteiger partial charge in [-0.1, -0.05) is 31.5 Å². The zero-order valence-corrected chi connectivity index (χ0v) is 12.5. The van der Waals surface area contributed by atoms with E-state index in [-0.39, 0.29) is 24.5 Å². The monoisotopic (exact) mass is 291 g/mol. The standard InChI is InChI=1S/C16H21NO4/c1-3-5-10-17-16(20)13-9-7-6-8-12(13)14(18)11-15(19)21-4-2/h6-9H,3-5,10-11H2,1-2H3,(H,17,20). The van der Waals surface area contributed by atoms with E-state index in [1.807, 2.05) is 6.92 Å². The number of amides is 1. The smallest absolute Gasteiger partial charge is 0.313 e. The minimum absolute atomic E-state index is 0.227. The lowest BCUT2D eigenvalue weighted by atomic mass is 10.0. The highest BCUT2D eigenvalue weighted by Crippen LogP contribution is 2.12. The van der Waals surface area contributed by atoms with Crippen LogP contribution in [0.25, 0.3) is 0 Å². The fourth-order valence-electron chi connectivity index (χ4n) is 1.84. The maximum absolute atomic E-state index is 12.1. The molecule has 5 heteroatoms. The van der Waals surface area contributed by atoms with Gasteiger partial charge in [0.1, 0.15) is 6.42 Å². The molecular formula is C16H21NO4. The molecule has 0 spiro atoms. The summed E-state index contributed by atoms with van der Waals surface area (Å²) >= 11 is 0. The van der Waals surface area contributed by atoms with Crippen molar-refractivity contribution in [3.8, 4) is 0 Å². The highest BCUT2D eigenvalue weighted by atomic mass is 16.5. The highest BCUT2D eigenvalue weighted by Gasteiger charge is 2.19. The van der Waals surface area contributed by atoms with Crippen molar-refractivity contribution in [2.45, 2.75) is 33.1 Å². The van der Waals surface area contributed by atoms with Crippen LogP contribution < -0.4 is 5.32 Å². The predicted octanol–water partition coefficient (Wildman–Crippen LogP) is 2.35. The second-order valence-corrected chi connectivity index (χ2v) is 4.56. The molecular weight excluding hydrogens is 270 g/mol. The fourth-order valence-corrected chi connectivity index (χ4v) is 1.84. The Balaban J connectivity index is 2.80. The number of rotatable bonds is 8. The molecule has 114 valence electrons. The Kier molecular flexibility index (Phi) is 7.15. The van der Waals surface area contributed by atoms with Crippen LogP contribution in [0.15, 0.2) is 24.3 Å². The summed E-state index contributed by atoms with van der Waals surface area (Å²) in [5, 5.41) is 2.77. The number of ketones is 1. The molecule has 0 atom stereocenters. The molecule has 1 N–H and O–H groups in total. The van der Waals surface area contributed by atoms with E-state index in [9.17, 15) is 14.4 Å². The maximum atomic E-state index is 12.1. The van der Waals surface area contributed by atoms with Gasteiger partial charge in [-0.15, -0.1) is 0 Å². The largest absolute Gasteiger partial charge is 0.466 e. The number of esters is 1. The minimum atomic E-state index is -0.580. The Bertz CT molecular complexity index is 511. The number of Topliss-reactive ketones (excluding diaryl/α,β-unsaturated/α-hetero) is 1. The van der Waals surface area contributed by atoms with Gasteiger partial charge in [0.15, 0.2) is 5.78 Å². The van der Waals surface area contributed by atoms with E-state index in [0.29, 0.717) is 12.1 Å². The molecule has 0 aliphatic rings. The molecule has 0 radical (unpaired) electrons. The van der Waals surface area contributed by atoms with Gasteiger partial charge in [0, 0.05) is 12.1 Å². The zero-order valence-electron chi connectivity index (χ0n) is 12.5. The van der Waals surface area contributed by atoms with Crippen LogP contribution in [0, 0.1) is 0 Å². The molecule has 1 aromatic carbocycles. The van der Waals surface area contributed by atoms with Crippen LogP contribution in [0.1, 0.15) is 53.8 Å². The maximum Gasteiger partial charge on any atom is 0.313 e. The lowest BCUT2D eigenvalue weighted by molar-refractivity contribution is -0.141. The van der Waals surface area contributed by atoms with E-state index < -0.39 is 11.8 Å². The molecule has 5 nitrogen and oxygen atoms in total. The van der Waals surface area contributed by atoms with E-state index >= 15 is 0 Å². The molecule has 1 aromatic rings. The lowest BCUT2D eigenvalue weighted by Gasteiger charge is -2.09. The summed E-state index contributed by atoms with van der Waals surface area (Å²) in [6.07, 6.45) is 1.50. The molecule has 21 heavy (non-hydrogen) atoms. The summed E-state index contributed by atoms with van der Waals surface area (Å²) in [6.45, 7) is 4.50. The number of benzene rings is 1. The molecule has 0 aromatic heterocycles. The van der Waals surface area contributed by atoms with Gasteiger partial charge in [0.25, 0.3) is 5.91 Å². The van der Waals surface area contributed by atoms with Crippen molar-refractivity contribution in [1.29, 1.82) is 0 Å². The number of unbranched alkanes of at least 4 members (excludes halogenated alkanes) is 1. The molecule has 1 rings (SSSR count). The summed E-state index contributed by atoms with van der Waals surface area (Å²) in [7, 11) is 0. The van der Waals surface area contributed by atoms with Crippen molar-refractivity contribution in [2.24, 2.45) is 0 Å². The first-order valence-corrected chi connectivity index (χ1v) is 7.16. The highest BCUT2D eigenvalue weighted by molar-refractivity contribution is 6.12. The summed E-state index contributed by atoms with van der Waals surface area (Å²) in [4.78, 5) is 35.6. The van der Waals surface area contributed by atoms with E-state index in [4.69, 9.17) is 4.74 Å². The lowest BCUT2D eigenvalue weighted by Crippen LogP contribution is -2.26.